The quantitative estimate of drug-likeness (QED) is 0.893. The Morgan fingerprint density at radius 2 is 1.77 bits per heavy atom. The van der Waals surface area contributed by atoms with Crippen LogP contribution < -0.4 is 5.32 Å². The van der Waals surface area contributed by atoms with Gasteiger partial charge in [0.25, 0.3) is 0 Å². The third-order valence-corrected chi connectivity index (χ3v) is 5.46. The first-order chi connectivity index (χ1) is 12.6. The maximum absolute atomic E-state index is 13.0. The molecular formula is C22H29N3O. The van der Waals surface area contributed by atoms with Crippen LogP contribution in [0.25, 0.3) is 0 Å². The fourth-order valence-electron chi connectivity index (χ4n) is 3.75. The summed E-state index contributed by atoms with van der Waals surface area (Å²) in [4.78, 5) is 19.6. The van der Waals surface area contributed by atoms with Crippen molar-refractivity contribution in [1.82, 2.24) is 15.2 Å². The third kappa shape index (κ3) is 4.31. The molecule has 4 nitrogen and oxygen atoms in total. The second-order valence-electron chi connectivity index (χ2n) is 7.48. The van der Waals surface area contributed by atoms with Gasteiger partial charge in [0, 0.05) is 24.4 Å². The lowest BCUT2D eigenvalue weighted by Gasteiger charge is -2.34. The first-order valence-electron chi connectivity index (χ1n) is 9.56. The Balaban J connectivity index is 1.77. The van der Waals surface area contributed by atoms with Crippen molar-refractivity contribution in [2.45, 2.75) is 45.7 Å². The Bertz CT molecular complexity index is 721. The van der Waals surface area contributed by atoms with Crippen LogP contribution >= 0.6 is 0 Å². The van der Waals surface area contributed by atoms with Crippen LogP contribution in [-0.4, -0.2) is 34.9 Å². The monoisotopic (exact) mass is 351 g/mol. The molecule has 2 heterocycles. The minimum atomic E-state index is -0.130. The number of carbonyl (C=O) groups excluding carboxylic acids is 1. The summed E-state index contributed by atoms with van der Waals surface area (Å²) in [5, 5.41) is 3.32. The van der Waals surface area contributed by atoms with Gasteiger partial charge in [0.05, 0.1) is 6.04 Å². The van der Waals surface area contributed by atoms with Crippen LogP contribution in [0.2, 0.25) is 0 Å². The highest BCUT2D eigenvalue weighted by Gasteiger charge is 2.28. The van der Waals surface area contributed by atoms with E-state index in [1.54, 1.807) is 12.4 Å². The zero-order chi connectivity index (χ0) is 18.5. The van der Waals surface area contributed by atoms with E-state index in [1.165, 1.54) is 5.56 Å². The normalized spacial score (nSPS) is 17.2. The van der Waals surface area contributed by atoms with E-state index in [2.05, 4.69) is 48.1 Å². The SMILES string of the molecule is Cc1ccccc1[C@H](NC(=O)C1CCN(C(C)C)CC1)c1ccncc1. The van der Waals surface area contributed by atoms with Crippen LogP contribution in [0.15, 0.2) is 48.8 Å². The number of nitrogens with one attached hydrogen (secondary N) is 1. The molecule has 3 rings (SSSR count). The average molecular weight is 351 g/mol. The first kappa shape index (κ1) is 18.6. The van der Waals surface area contributed by atoms with Gasteiger partial charge in [-0.2, -0.15) is 0 Å². The lowest BCUT2D eigenvalue weighted by atomic mass is 9.92. The van der Waals surface area contributed by atoms with E-state index >= 15 is 0 Å². The molecule has 0 aliphatic carbocycles. The minimum absolute atomic E-state index is 0.0957. The second kappa shape index (κ2) is 8.45. The van der Waals surface area contributed by atoms with Crippen molar-refractivity contribution >= 4 is 5.91 Å². The molecule has 1 amide bonds. The van der Waals surface area contributed by atoms with Gasteiger partial charge >= 0.3 is 0 Å². The summed E-state index contributed by atoms with van der Waals surface area (Å²) < 4.78 is 0. The van der Waals surface area contributed by atoms with Gasteiger partial charge in [-0.3, -0.25) is 9.78 Å². The van der Waals surface area contributed by atoms with Crippen LogP contribution in [-0.2, 0) is 4.79 Å². The fraction of sp³-hybridized carbons (Fsp3) is 0.455. The molecule has 0 spiro atoms. The fourth-order valence-corrected chi connectivity index (χ4v) is 3.75. The van der Waals surface area contributed by atoms with Crippen LogP contribution in [0.5, 0.6) is 0 Å². The summed E-state index contributed by atoms with van der Waals surface area (Å²) in [7, 11) is 0. The smallest absolute Gasteiger partial charge is 0.223 e. The molecular weight excluding hydrogens is 322 g/mol. The number of hydrogen-bond donors (Lipinski definition) is 1. The lowest BCUT2D eigenvalue weighted by Crippen LogP contribution is -2.44. The Morgan fingerprint density at radius 1 is 1.12 bits per heavy atom. The highest BCUT2D eigenvalue weighted by molar-refractivity contribution is 5.79. The highest BCUT2D eigenvalue weighted by atomic mass is 16.1. The Labute approximate surface area is 156 Å². The zero-order valence-electron chi connectivity index (χ0n) is 16.0. The molecule has 1 aliphatic heterocycles. The van der Waals surface area contributed by atoms with Crippen molar-refractivity contribution in [2.75, 3.05) is 13.1 Å². The van der Waals surface area contributed by atoms with Crippen molar-refractivity contribution in [3.05, 3.63) is 65.5 Å². The lowest BCUT2D eigenvalue weighted by molar-refractivity contribution is -0.127. The summed E-state index contributed by atoms with van der Waals surface area (Å²) in [5.41, 5.74) is 3.40. The van der Waals surface area contributed by atoms with Crippen LogP contribution in [0.3, 0.4) is 0 Å². The minimum Gasteiger partial charge on any atom is -0.345 e. The predicted molar refractivity (Wildman–Crippen MR) is 105 cm³/mol. The molecule has 1 aromatic carbocycles. The number of pyridine rings is 1. The number of aromatic nitrogens is 1. The molecule has 1 aromatic heterocycles. The van der Waals surface area contributed by atoms with Crippen molar-refractivity contribution in [3.8, 4) is 0 Å². The number of amides is 1. The van der Waals surface area contributed by atoms with Crippen molar-refractivity contribution < 1.29 is 4.79 Å². The molecule has 1 N–H and O–H groups in total. The Morgan fingerprint density at radius 3 is 2.38 bits per heavy atom. The van der Waals surface area contributed by atoms with Gasteiger partial charge in [0.2, 0.25) is 5.91 Å². The molecule has 4 heteroatoms. The van der Waals surface area contributed by atoms with E-state index in [0.717, 1.165) is 37.1 Å². The van der Waals surface area contributed by atoms with Crippen molar-refractivity contribution in [3.63, 3.8) is 0 Å². The number of hydrogen-bond acceptors (Lipinski definition) is 3. The molecule has 1 atom stereocenters. The Kier molecular flexibility index (Phi) is 6.04. The number of piperidine rings is 1. The van der Waals surface area contributed by atoms with E-state index in [0.29, 0.717) is 6.04 Å². The van der Waals surface area contributed by atoms with Crippen LogP contribution in [0, 0.1) is 12.8 Å². The molecule has 1 fully saturated rings. The predicted octanol–water partition coefficient (Wildman–Crippen LogP) is 3.72. The third-order valence-electron chi connectivity index (χ3n) is 5.46. The number of benzene rings is 1. The van der Waals surface area contributed by atoms with Crippen LogP contribution in [0.1, 0.15) is 49.4 Å². The van der Waals surface area contributed by atoms with Gasteiger partial charge in [-0.05, 0) is 75.5 Å². The van der Waals surface area contributed by atoms with Gasteiger partial charge < -0.3 is 10.2 Å². The van der Waals surface area contributed by atoms with Gasteiger partial charge in [0.15, 0.2) is 0 Å². The molecule has 0 radical (unpaired) electrons. The van der Waals surface area contributed by atoms with E-state index in [9.17, 15) is 4.79 Å². The summed E-state index contributed by atoms with van der Waals surface area (Å²) in [6, 6.07) is 12.6. The molecule has 0 bridgehead atoms. The summed E-state index contributed by atoms with van der Waals surface area (Å²) in [6.45, 7) is 8.53. The average Bonchev–Trinajstić information content (AvgIpc) is 2.67. The molecule has 1 saturated heterocycles. The largest absolute Gasteiger partial charge is 0.345 e. The van der Waals surface area contributed by atoms with Gasteiger partial charge in [-0.25, -0.2) is 0 Å². The van der Waals surface area contributed by atoms with Crippen molar-refractivity contribution in [1.29, 1.82) is 0 Å². The van der Waals surface area contributed by atoms with E-state index in [-0.39, 0.29) is 17.9 Å². The molecule has 0 saturated carbocycles. The van der Waals surface area contributed by atoms with E-state index in [4.69, 9.17) is 0 Å². The maximum Gasteiger partial charge on any atom is 0.223 e. The number of rotatable bonds is 5. The molecule has 138 valence electrons. The first-order valence-corrected chi connectivity index (χ1v) is 9.56. The number of likely N-dealkylation sites (tertiary alicyclic amines) is 1. The summed E-state index contributed by atoms with van der Waals surface area (Å²) in [5.74, 6) is 0.261. The number of aryl methyl sites for hydroxylation is 1. The van der Waals surface area contributed by atoms with E-state index in [1.807, 2.05) is 24.3 Å². The number of carbonyl (C=O) groups is 1. The molecule has 26 heavy (non-hydrogen) atoms. The summed E-state index contributed by atoms with van der Waals surface area (Å²) >= 11 is 0. The van der Waals surface area contributed by atoms with Gasteiger partial charge in [0.1, 0.15) is 0 Å². The number of nitrogens with zero attached hydrogens (tertiary/aromatic N) is 2. The Hall–Kier alpha value is -2.20. The topological polar surface area (TPSA) is 45.2 Å². The molecule has 0 unspecified atom stereocenters. The highest BCUT2D eigenvalue weighted by Crippen LogP contribution is 2.26. The van der Waals surface area contributed by atoms with E-state index < -0.39 is 0 Å². The van der Waals surface area contributed by atoms with Gasteiger partial charge in [-0.1, -0.05) is 24.3 Å². The second-order valence-corrected chi connectivity index (χ2v) is 7.48. The summed E-state index contributed by atoms with van der Waals surface area (Å²) in [6.07, 6.45) is 5.43. The molecule has 1 aliphatic rings. The van der Waals surface area contributed by atoms with Gasteiger partial charge in [-0.15, -0.1) is 0 Å². The standard InChI is InChI=1S/C22H29N3O/c1-16(2)25-14-10-19(11-15-25)22(26)24-21(18-8-12-23-13-9-18)20-7-5-4-6-17(20)3/h4-9,12-13,16,19,21H,10-11,14-15H2,1-3H3,(H,24,26)/t21-/m1/s1. The van der Waals surface area contributed by atoms with Crippen LogP contribution in [0.4, 0.5) is 0 Å². The molecule has 2 aromatic rings. The zero-order valence-corrected chi connectivity index (χ0v) is 16.0. The van der Waals surface area contributed by atoms with Crippen molar-refractivity contribution in [2.24, 2.45) is 5.92 Å². The maximum atomic E-state index is 13.0.